The van der Waals surface area contributed by atoms with Crippen LogP contribution in [-0.2, 0) is 17.6 Å². The lowest BCUT2D eigenvalue weighted by atomic mass is 9.96. The van der Waals surface area contributed by atoms with Crippen molar-refractivity contribution >= 4 is 11.6 Å². The fourth-order valence-electron chi connectivity index (χ4n) is 2.72. The van der Waals surface area contributed by atoms with Crippen molar-refractivity contribution in [2.24, 2.45) is 0 Å². The fourth-order valence-corrected chi connectivity index (χ4v) is 2.72. The Hall–Kier alpha value is -3.02. The Morgan fingerprint density at radius 3 is 2.56 bits per heavy atom. The van der Waals surface area contributed by atoms with Gasteiger partial charge < -0.3 is 5.32 Å². The van der Waals surface area contributed by atoms with Crippen molar-refractivity contribution in [3.05, 3.63) is 71.0 Å². The highest BCUT2D eigenvalue weighted by molar-refractivity contribution is 5.95. The lowest BCUT2D eigenvalue weighted by Crippen LogP contribution is -2.24. The molecule has 25 heavy (non-hydrogen) atoms. The van der Waals surface area contributed by atoms with Gasteiger partial charge in [-0.25, -0.2) is 0 Å². The van der Waals surface area contributed by atoms with Gasteiger partial charge in [0.05, 0.1) is 0 Å². The molecule has 6 nitrogen and oxygen atoms in total. The van der Waals surface area contributed by atoms with Crippen molar-refractivity contribution in [1.29, 1.82) is 0 Å². The molecule has 1 aromatic heterocycles. The number of nitrogens with zero attached hydrogens (tertiary/aromatic N) is 3. The molecule has 0 saturated carbocycles. The predicted octanol–water partition coefficient (Wildman–Crippen LogP) is 3.04. The highest BCUT2D eigenvalue weighted by Gasteiger charge is 2.25. The average Bonchev–Trinajstić information content (AvgIpc) is 3.14. The van der Waals surface area contributed by atoms with Gasteiger partial charge in [0, 0.05) is 5.69 Å². The van der Waals surface area contributed by atoms with Gasteiger partial charge in [-0.3, -0.25) is 4.79 Å². The fraction of sp³-hybridized carbons (Fsp3) is 0.263. The number of benzene rings is 2. The van der Waals surface area contributed by atoms with Gasteiger partial charge in [0.15, 0.2) is 5.82 Å². The number of aryl methyl sites for hydroxylation is 2. The van der Waals surface area contributed by atoms with E-state index in [-0.39, 0.29) is 5.91 Å². The van der Waals surface area contributed by atoms with Crippen LogP contribution in [-0.4, -0.2) is 26.5 Å². The second-order valence-corrected chi connectivity index (χ2v) is 6.06. The molecule has 0 fully saturated rings. The van der Waals surface area contributed by atoms with Crippen LogP contribution < -0.4 is 5.32 Å². The minimum Gasteiger partial charge on any atom is -0.325 e. The molecule has 0 aliphatic heterocycles. The van der Waals surface area contributed by atoms with Crippen LogP contribution in [0.4, 0.5) is 5.69 Å². The zero-order chi connectivity index (χ0) is 17.6. The molecule has 3 aromatic rings. The molecule has 1 atom stereocenters. The molecular weight excluding hydrogens is 314 g/mol. The number of anilines is 1. The van der Waals surface area contributed by atoms with Crippen LogP contribution in [0.25, 0.3) is 0 Å². The quantitative estimate of drug-likeness (QED) is 0.725. The van der Waals surface area contributed by atoms with Crippen molar-refractivity contribution in [3.63, 3.8) is 0 Å². The van der Waals surface area contributed by atoms with E-state index in [4.69, 9.17) is 0 Å². The highest BCUT2D eigenvalue weighted by Crippen LogP contribution is 2.21. The van der Waals surface area contributed by atoms with Gasteiger partial charge in [0.1, 0.15) is 5.92 Å². The molecule has 0 aliphatic carbocycles. The van der Waals surface area contributed by atoms with E-state index in [9.17, 15) is 4.79 Å². The van der Waals surface area contributed by atoms with Crippen molar-refractivity contribution in [2.75, 3.05) is 5.32 Å². The first-order valence-corrected chi connectivity index (χ1v) is 8.34. The zero-order valence-electron chi connectivity index (χ0n) is 14.4. The van der Waals surface area contributed by atoms with E-state index in [0.717, 1.165) is 23.2 Å². The Morgan fingerprint density at radius 2 is 1.92 bits per heavy atom. The summed E-state index contributed by atoms with van der Waals surface area (Å²) in [6, 6.07) is 16.0. The van der Waals surface area contributed by atoms with E-state index >= 15 is 0 Å². The second kappa shape index (κ2) is 7.70. The van der Waals surface area contributed by atoms with Gasteiger partial charge in [-0.15, -0.1) is 10.2 Å². The van der Waals surface area contributed by atoms with Crippen LogP contribution >= 0.6 is 0 Å². The molecule has 2 N–H and O–H groups in total. The summed E-state index contributed by atoms with van der Waals surface area (Å²) in [5.41, 5.74) is 4.18. The van der Waals surface area contributed by atoms with Crippen LogP contribution in [0.15, 0.2) is 48.5 Å². The molecule has 0 spiro atoms. The number of aromatic amines is 1. The molecule has 6 heteroatoms. The molecule has 0 unspecified atom stereocenters. The van der Waals surface area contributed by atoms with E-state index in [1.165, 1.54) is 5.56 Å². The first-order chi connectivity index (χ1) is 12.2. The maximum atomic E-state index is 12.8. The third-order valence-electron chi connectivity index (χ3n) is 4.15. The Balaban J connectivity index is 1.80. The van der Waals surface area contributed by atoms with Crippen molar-refractivity contribution in [1.82, 2.24) is 20.6 Å². The summed E-state index contributed by atoms with van der Waals surface area (Å²) in [5, 5.41) is 17.0. The molecular formula is C19H21N5O. The average molecular weight is 335 g/mol. The number of hydrogen-bond acceptors (Lipinski definition) is 4. The predicted molar refractivity (Wildman–Crippen MR) is 96.3 cm³/mol. The first kappa shape index (κ1) is 16.8. The van der Waals surface area contributed by atoms with Gasteiger partial charge in [0.25, 0.3) is 0 Å². The van der Waals surface area contributed by atoms with Crippen molar-refractivity contribution < 1.29 is 4.79 Å². The summed E-state index contributed by atoms with van der Waals surface area (Å²) in [6.07, 6.45) is 1.50. The number of tetrazole rings is 1. The number of nitrogens with one attached hydrogen (secondary N) is 2. The third kappa shape index (κ3) is 4.29. The molecule has 0 radical (unpaired) electrons. The second-order valence-electron chi connectivity index (χ2n) is 6.06. The van der Waals surface area contributed by atoms with Gasteiger partial charge in [0.2, 0.25) is 5.91 Å². The third-order valence-corrected chi connectivity index (χ3v) is 4.15. The summed E-state index contributed by atoms with van der Waals surface area (Å²) in [6.45, 7) is 4.11. The van der Waals surface area contributed by atoms with Crippen LogP contribution in [0, 0.1) is 6.92 Å². The number of aromatic nitrogens is 4. The van der Waals surface area contributed by atoms with Gasteiger partial charge >= 0.3 is 0 Å². The summed E-state index contributed by atoms with van der Waals surface area (Å²) >= 11 is 0. The normalized spacial score (nSPS) is 11.9. The van der Waals surface area contributed by atoms with Crippen LogP contribution in [0.2, 0.25) is 0 Å². The van der Waals surface area contributed by atoms with E-state index in [1.807, 2.05) is 43.3 Å². The lowest BCUT2D eigenvalue weighted by Gasteiger charge is -2.14. The summed E-state index contributed by atoms with van der Waals surface area (Å²) in [7, 11) is 0. The highest BCUT2D eigenvalue weighted by atomic mass is 16.1. The number of rotatable bonds is 6. The molecule has 0 bridgehead atoms. The van der Waals surface area contributed by atoms with E-state index in [2.05, 4.69) is 45.0 Å². The number of H-pyrrole nitrogens is 1. The van der Waals surface area contributed by atoms with Crippen molar-refractivity contribution in [3.8, 4) is 0 Å². The Morgan fingerprint density at radius 1 is 1.16 bits per heavy atom. The minimum absolute atomic E-state index is 0.147. The summed E-state index contributed by atoms with van der Waals surface area (Å²) < 4.78 is 0. The smallest absolute Gasteiger partial charge is 0.235 e. The largest absolute Gasteiger partial charge is 0.325 e. The molecule has 0 saturated heterocycles. The van der Waals surface area contributed by atoms with E-state index in [0.29, 0.717) is 12.2 Å². The monoisotopic (exact) mass is 335 g/mol. The molecule has 2 aromatic carbocycles. The van der Waals surface area contributed by atoms with Gasteiger partial charge in [-0.05, 0) is 48.6 Å². The van der Waals surface area contributed by atoms with E-state index in [1.54, 1.807) is 0 Å². The minimum atomic E-state index is -0.508. The number of hydrogen-bond donors (Lipinski definition) is 2. The number of carbonyl (C=O) groups is 1. The van der Waals surface area contributed by atoms with Crippen LogP contribution in [0.1, 0.15) is 35.4 Å². The molecule has 3 rings (SSSR count). The molecule has 128 valence electrons. The van der Waals surface area contributed by atoms with Crippen molar-refractivity contribution in [2.45, 2.75) is 32.6 Å². The van der Waals surface area contributed by atoms with Crippen LogP contribution in [0.5, 0.6) is 0 Å². The number of amides is 1. The lowest BCUT2D eigenvalue weighted by molar-refractivity contribution is -0.117. The first-order valence-electron chi connectivity index (χ1n) is 8.34. The Kier molecular flexibility index (Phi) is 5.18. The molecule has 1 heterocycles. The van der Waals surface area contributed by atoms with Gasteiger partial charge in [-0.1, -0.05) is 48.5 Å². The Labute approximate surface area is 146 Å². The zero-order valence-corrected chi connectivity index (χ0v) is 14.4. The van der Waals surface area contributed by atoms with Crippen LogP contribution in [0.3, 0.4) is 0 Å². The van der Waals surface area contributed by atoms with Gasteiger partial charge in [-0.2, -0.15) is 5.21 Å². The number of carbonyl (C=O) groups excluding carboxylic acids is 1. The summed E-state index contributed by atoms with van der Waals surface area (Å²) in [4.78, 5) is 12.8. The van der Waals surface area contributed by atoms with E-state index < -0.39 is 5.92 Å². The summed E-state index contributed by atoms with van der Waals surface area (Å²) in [5.74, 6) is -0.261. The Bertz CT molecular complexity index is 827. The maximum absolute atomic E-state index is 12.8. The standard InChI is InChI=1S/C19H21N5O/c1-3-14-7-9-15(10-8-14)12-17(18-21-23-24-22-18)19(25)20-16-6-4-5-13(2)11-16/h4-11,17H,3,12H2,1-2H3,(H,20,25)(H,21,22,23,24)/t17-/m1/s1. The molecule has 1 amide bonds. The topological polar surface area (TPSA) is 83.6 Å². The SMILES string of the molecule is CCc1ccc(C[C@@H](C(=O)Nc2cccc(C)c2)c2nn[nH]n2)cc1. The molecule has 0 aliphatic rings. The maximum Gasteiger partial charge on any atom is 0.235 e.